The third-order valence-electron chi connectivity index (χ3n) is 6.69. The molecule has 1 aliphatic rings. The van der Waals surface area contributed by atoms with Crippen LogP contribution in [0.25, 0.3) is 16.6 Å². The van der Waals surface area contributed by atoms with Crippen LogP contribution in [-0.2, 0) is 0 Å². The van der Waals surface area contributed by atoms with E-state index < -0.39 is 4.87 Å². The highest BCUT2D eigenvalue weighted by molar-refractivity contribution is 6.32. The fraction of sp³-hybridized carbons (Fsp3) is 0.172. The number of hydrogen-bond acceptors (Lipinski definition) is 2. The van der Waals surface area contributed by atoms with Gasteiger partial charge in [0.25, 0.3) is 0 Å². The van der Waals surface area contributed by atoms with E-state index in [4.69, 9.17) is 34.8 Å². The summed E-state index contributed by atoms with van der Waals surface area (Å²) in [5, 5.41) is 9.31. The second kappa shape index (κ2) is 8.98. The number of halogens is 3. The van der Waals surface area contributed by atoms with Gasteiger partial charge in [-0.25, -0.2) is 0 Å². The van der Waals surface area contributed by atoms with Crippen molar-refractivity contribution in [1.29, 1.82) is 0 Å². The summed E-state index contributed by atoms with van der Waals surface area (Å²) in [6.45, 7) is 12.6. The van der Waals surface area contributed by atoms with Gasteiger partial charge in [-0.05, 0) is 78.9 Å². The molecule has 0 saturated heterocycles. The molecule has 0 radical (unpaired) electrons. The van der Waals surface area contributed by atoms with Crippen molar-refractivity contribution in [2.45, 2.75) is 24.6 Å². The van der Waals surface area contributed by atoms with E-state index in [0.29, 0.717) is 10.7 Å². The lowest BCUT2D eigenvalue weighted by molar-refractivity contribution is 0.899. The molecule has 4 aromatic rings. The molecule has 0 aliphatic heterocycles. The Morgan fingerprint density at radius 2 is 1.69 bits per heavy atom. The molecule has 3 aromatic carbocycles. The molecule has 5 rings (SSSR count). The minimum Gasteiger partial charge on any atom is -0.361 e. The largest absolute Gasteiger partial charge is 0.361 e. The van der Waals surface area contributed by atoms with Crippen molar-refractivity contribution < 1.29 is 0 Å². The van der Waals surface area contributed by atoms with Gasteiger partial charge in [0.2, 0.25) is 0 Å². The zero-order chi connectivity index (χ0) is 24.9. The molecule has 0 spiro atoms. The first-order chi connectivity index (χ1) is 16.6. The van der Waals surface area contributed by atoms with E-state index in [1.807, 2.05) is 68.6 Å². The third kappa shape index (κ3) is 4.69. The van der Waals surface area contributed by atoms with E-state index in [2.05, 4.69) is 40.9 Å². The molecule has 6 heteroatoms. The molecule has 1 heterocycles. The molecule has 3 N–H and O–H groups in total. The van der Waals surface area contributed by atoms with Crippen LogP contribution in [0.3, 0.4) is 0 Å². The molecule has 1 saturated carbocycles. The molecule has 0 bridgehead atoms. The Bertz CT molecular complexity index is 1450. The van der Waals surface area contributed by atoms with E-state index in [9.17, 15) is 0 Å². The number of rotatable bonds is 7. The molecule has 0 amide bonds. The molecular weight excluding hydrogens is 497 g/mol. The van der Waals surface area contributed by atoms with Crippen LogP contribution in [0.1, 0.15) is 29.5 Å². The van der Waals surface area contributed by atoms with Crippen molar-refractivity contribution in [2.75, 3.05) is 10.6 Å². The Morgan fingerprint density at radius 1 is 0.943 bits per heavy atom. The number of hydrogen-bond donors (Lipinski definition) is 3. The second-order valence-electron chi connectivity index (χ2n) is 9.40. The van der Waals surface area contributed by atoms with Gasteiger partial charge in [0.05, 0.1) is 9.90 Å². The second-order valence-corrected chi connectivity index (χ2v) is 11.1. The molecule has 1 fully saturated rings. The fourth-order valence-electron chi connectivity index (χ4n) is 4.95. The Hall–Kier alpha value is -2.85. The summed E-state index contributed by atoms with van der Waals surface area (Å²) in [7, 11) is 0. The molecular formula is C29H26Cl3N3. The summed E-state index contributed by atoms with van der Waals surface area (Å²) < 4.78 is 0. The smallest absolute Gasteiger partial charge is 0.0582 e. The summed E-state index contributed by atoms with van der Waals surface area (Å²) in [5.74, 6) is 0.197. The van der Waals surface area contributed by atoms with Crippen LogP contribution in [0.4, 0.5) is 11.4 Å². The number of nitrogens with one attached hydrogen (secondary N) is 3. The zero-order valence-electron chi connectivity index (χ0n) is 19.6. The van der Waals surface area contributed by atoms with Gasteiger partial charge in [-0.3, -0.25) is 0 Å². The highest BCUT2D eigenvalue weighted by atomic mass is 35.5. The average molecular weight is 523 g/mol. The number of anilines is 2. The lowest BCUT2D eigenvalue weighted by Crippen LogP contribution is -2.06. The predicted octanol–water partition coefficient (Wildman–Crippen LogP) is 9.20. The van der Waals surface area contributed by atoms with Gasteiger partial charge in [0.1, 0.15) is 0 Å². The van der Waals surface area contributed by atoms with E-state index in [1.54, 1.807) is 0 Å². The molecule has 1 aliphatic carbocycles. The molecule has 3 atom stereocenters. The summed E-state index contributed by atoms with van der Waals surface area (Å²) in [4.78, 5) is 2.79. The number of aromatic amines is 1. The summed E-state index contributed by atoms with van der Waals surface area (Å²) in [6, 6.07) is 20.0. The van der Waals surface area contributed by atoms with Crippen molar-refractivity contribution >= 4 is 62.8 Å². The first kappa shape index (κ1) is 23.9. The van der Waals surface area contributed by atoms with Crippen LogP contribution in [0.2, 0.25) is 10.0 Å². The third-order valence-corrected chi connectivity index (χ3v) is 7.70. The van der Waals surface area contributed by atoms with Crippen LogP contribution in [0.15, 0.2) is 85.7 Å². The van der Waals surface area contributed by atoms with E-state index in [1.165, 1.54) is 0 Å². The summed E-state index contributed by atoms with van der Waals surface area (Å²) in [5.41, 5.74) is 7.48. The van der Waals surface area contributed by atoms with E-state index in [-0.39, 0.29) is 11.8 Å². The normalized spacial score (nSPS) is 21.1. The maximum Gasteiger partial charge on any atom is 0.0582 e. The van der Waals surface area contributed by atoms with Gasteiger partial charge < -0.3 is 15.6 Å². The Morgan fingerprint density at radius 3 is 2.46 bits per heavy atom. The maximum absolute atomic E-state index is 6.91. The molecule has 3 unspecified atom stereocenters. The Labute approximate surface area is 220 Å². The summed E-state index contributed by atoms with van der Waals surface area (Å²) in [6.07, 6.45) is 1.92. The SMILES string of the molecule is C=C(Nc1ccc2cc[nH]c2c1)c1cc(NC(=C)C2C(c3cc(C)cc(Cl)c3)C2(C)Cl)ccc1Cl. The minimum absolute atomic E-state index is 0.0648. The van der Waals surface area contributed by atoms with Crippen molar-refractivity contribution in [3.05, 3.63) is 112 Å². The average Bonchev–Trinajstić information content (AvgIpc) is 3.11. The van der Waals surface area contributed by atoms with Crippen molar-refractivity contribution in [1.82, 2.24) is 4.98 Å². The van der Waals surface area contributed by atoms with Gasteiger partial charge in [-0.1, -0.05) is 48.5 Å². The number of allylic oxidation sites excluding steroid dienone is 1. The highest BCUT2D eigenvalue weighted by Crippen LogP contribution is 2.64. The first-order valence-corrected chi connectivity index (χ1v) is 12.5. The number of aromatic nitrogens is 1. The fourth-order valence-corrected chi connectivity index (χ4v) is 5.93. The Kier molecular flexibility index (Phi) is 6.13. The van der Waals surface area contributed by atoms with Gasteiger partial charge in [0, 0.05) is 56.9 Å². The molecule has 178 valence electrons. The highest BCUT2D eigenvalue weighted by Gasteiger charge is 2.62. The van der Waals surface area contributed by atoms with Crippen molar-refractivity contribution in [3.8, 4) is 0 Å². The summed E-state index contributed by atoms with van der Waals surface area (Å²) >= 11 is 19.8. The topological polar surface area (TPSA) is 39.9 Å². The lowest BCUT2D eigenvalue weighted by Gasteiger charge is -2.15. The maximum atomic E-state index is 6.91. The first-order valence-electron chi connectivity index (χ1n) is 11.4. The van der Waals surface area contributed by atoms with E-state index in [0.717, 1.165) is 49.7 Å². The van der Waals surface area contributed by atoms with Gasteiger partial charge in [-0.2, -0.15) is 0 Å². The number of fused-ring (bicyclic) bond motifs is 1. The van der Waals surface area contributed by atoms with Gasteiger partial charge in [0.15, 0.2) is 0 Å². The van der Waals surface area contributed by atoms with Crippen LogP contribution in [0, 0.1) is 12.8 Å². The molecule has 3 nitrogen and oxygen atoms in total. The van der Waals surface area contributed by atoms with Crippen LogP contribution in [0.5, 0.6) is 0 Å². The number of alkyl halides is 1. The molecule has 35 heavy (non-hydrogen) atoms. The van der Waals surface area contributed by atoms with Crippen LogP contribution in [-0.4, -0.2) is 9.86 Å². The zero-order valence-corrected chi connectivity index (χ0v) is 21.8. The molecule has 1 aromatic heterocycles. The van der Waals surface area contributed by atoms with Crippen molar-refractivity contribution in [2.24, 2.45) is 5.92 Å². The standard InChI is InChI=1S/C29H26Cl3N3/c1-16-11-20(13-21(30)12-16)28-27(29(28,4)32)18(3)35-22-7-8-25(31)24(14-22)17(2)34-23-6-5-19-9-10-33-26(19)15-23/h5-15,27-28,33-35H,2-3H2,1,4H3. The van der Waals surface area contributed by atoms with Gasteiger partial charge >= 0.3 is 0 Å². The minimum atomic E-state index is -0.432. The number of aryl methyl sites for hydroxylation is 1. The van der Waals surface area contributed by atoms with Crippen LogP contribution < -0.4 is 10.6 Å². The van der Waals surface area contributed by atoms with Gasteiger partial charge in [-0.15, -0.1) is 11.6 Å². The number of benzene rings is 3. The quantitative estimate of drug-likeness (QED) is 0.212. The van der Waals surface area contributed by atoms with Crippen molar-refractivity contribution in [3.63, 3.8) is 0 Å². The monoisotopic (exact) mass is 521 g/mol. The van der Waals surface area contributed by atoms with Crippen LogP contribution >= 0.6 is 34.8 Å². The Balaban J connectivity index is 1.33. The van der Waals surface area contributed by atoms with E-state index >= 15 is 0 Å². The number of H-pyrrole nitrogens is 1. The lowest BCUT2D eigenvalue weighted by atomic mass is 10.0. The predicted molar refractivity (Wildman–Crippen MR) is 152 cm³/mol.